The monoisotopic (exact) mass is 511 g/mol. The maximum absolute atomic E-state index is 12.6. The van der Waals surface area contributed by atoms with E-state index in [1.54, 1.807) is 42.6 Å². The van der Waals surface area contributed by atoms with Crippen molar-refractivity contribution in [2.45, 2.75) is 17.7 Å². The summed E-state index contributed by atoms with van der Waals surface area (Å²) in [5.41, 5.74) is 2.45. The lowest BCUT2D eigenvalue weighted by atomic mass is 10.1. The molecule has 3 N–H and O–H groups in total. The SMILES string of the molecule is O=C(Nc1nc(-c2ccc(NS(=O)(=O)c3ccc(Br)cc3)cc2)c2cc[nH]c2n1)C1CC1. The molecule has 2 aromatic carbocycles. The van der Waals surface area contributed by atoms with Crippen LogP contribution in [0.3, 0.4) is 0 Å². The molecule has 5 rings (SSSR count). The number of aromatic amines is 1. The van der Waals surface area contributed by atoms with Crippen molar-refractivity contribution in [3.63, 3.8) is 0 Å². The summed E-state index contributed by atoms with van der Waals surface area (Å²) in [4.78, 5) is 24.3. The molecule has 1 amide bonds. The Bertz CT molecular complexity index is 1410. The summed E-state index contributed by atoms with van der Waals surface area (Å²) in [5, 5.41) is 3.59. The fraction of sp³-hybridized carbons (Fsp3) is 0.136. The van der Waals surface area contributed by atoms with E-state index in [1.165, 1.54) is 12.1 Å². The van der Waals surface area contributed by atoms with Gasteiger partial charge in [-0.2, -0.15) is 4.98 Å². The Hall–Kier alpha value is -3.24. The van der Waals surface area contributed by atoms with E-state index >= 15 is 0 Å². The van der Waals surface area contributed by atoms with Gasteiger partial charge in [0.15, 0.2) is 0 Å². The Balaban J connectivity index is 1.42. The molecule has 10 heteroatoms. The van der Waals surface area contributed by atoms with Gasteiger partial charge in [-0.15, -0.1) is 0 Å². The van der Waals surface area contributed by atoms with Crippen molar-refractivity contribution < 1.29 is 13.2 Å². The molecular weight excluding hydrogens is 494 g/mol. The number of fused-ring (bicyclic) bond motifs is 1. The zero-order chi connectivity index (χ0) is 22.3. The number of aromatic nitrogens is 3. The summed E-state index contributed by atoms with van der Waals surface area (Å²) in [6.07, 6.45) is 3.54. The third-order valence-corrected chi connectivity index (χ3v) is 7.06. The molecule has 0 bridgehead atoms. The maximum atomic E-state index is 12.6. The number of nitrogens with zero attached hydrogens (tertiary/aromatic N) is 2. The van der Waals surface area contributed by atoms with Gasteiger partial charge in [-0.1, -0.05) is 28.1 Å². The van der Waals surface area contributed by atoms with Gasteiger partial charge in [0, 0.05) is 33.2 Å². The second-order valence-electron chi connectivity index (χ2n) is 7.54. The number of benzene rings is 2. The van der Waals surface area contributed by atoms with Crippen LogP contribution < -0.4 is 10.0 Å². The Labute approximate surface area is 192 Å². The lowest BCUT2D eigenvalue weighted by Gasteiger charge is -2.10. The van der Waals surface area contributed by atoms with E-state index < -0.39 is 10.0 Å². The third-order valence-electron chi connectivity index (χ3n) is 5.13. The maximum Gasteiger partial charge on any atom is 0.261 e. The molecule has 1 aliphatic rings. The zero-order valence-corrected chi connectivity index (χ0v) is 19.1. The lowest BCUT2D eigenvalue weighted by Crippen LogP contribution is -2.15. The normalized spacial score (nSPS) is 13.8. The number of halogens is 1. The van der Waals surface area contributed by atoms with Gasteiger partial charge < -0.3 is 4.98 Å². The molecule has 2 aromatic heterocycles. The number of hydrogen-bond acceptors (Lipinski definition) is 5. The van der Waals surface area contributed by atoms with Gasteiger partial charge in [-0.3, -0.25) is 14.8 Å². The average molecular weight is 512 g/mol. The van der Waals surface area contributed by atoms with Gasteiger partial charge in [-0.05, 0) is 55.3 Å². The molecule has 0 saturated heterocycles. The molecule has 1 fully saturated rings. The van der Waals surface area contributed by atoms with Crippen LogP contribution >= 0.6 is 15.9 Å². The fourth-order valence-electron chi connectivity index (χ4n) is 3.30. The van der Waals surface area contributed by atoms with Crippen molar-refractivity contribution >= 4 is 54.5 Å². The molecule has 162 valence electrons. The Morgan fingerprint density at radius 3 is 2.41 bits per heavy atom. The Morgan fingerprint density at radius 2 is 1.72 bits per heavy atom. The highest BCUT2D eigenvalue weighted by Gasteiger charge is 2.30. The first-order chi connectivity index (χ1) is 15.4. The van der Waals surface area contributed by atoms with Crippen LogP contribution in [0.15, 0.2) is 70.2 Å². The molecule has 0 spiro atoms. The van der Waals surface area contributed by atoms with Gasteiger partial charge in [0.1, 0.15) is 5.65 Å². The van der Waals surface area contributed by atoms with E-state index in [4.69, 9.17) is 0 Å². The summed E-state index contributed by atoms with van der Waals surface area (Å²) < 4.78 is 28.6. The minimum absolute atomic E-state index is 0.0411. The van der Waals surface area contributed by atoms with E-state index in [-0.39, 0.29) is 22.7 Å². The number of rotatable bonds is 6. The van der Waals surface area contributed by atoms with Crippen LogP contribution in [0.4, 0.5) is 11.6 Å². The molecule has 4 aromatic rings. The van der Waals surface area contributed by atoms with Crippen LogP contribution in [0.25, 0.3) is 22.3 Å². The largest absolute Gasteiger partial charge is 0.346 e. The molecule has 0 atom stereocenters. The Morgan fingerprint density at radius 1 is 1.00 bits per heavy atom. The van der Waals surface area contributed by atoms with Crippen molar-refractivity contribution in [3.05, 3.63) is 65.3 Å². The summed E-state index contributed by atoms with van der Waals surface area (Å²) in [6.45, 7) is 0. The number of carbonyl (C=O) groups excluding carboxylic acids is 1. The van der Waals surface area contributed by atoms with E-state index in [9.17, 15) is 13.2 Å². The highest BCUT2D eigenvalue weighted by atomic mass is 79.9. The third kappa shape index (κ3) is 4.23. The highest BCUT2D eigenvalue weighted by Crippen LogP contribution is 2.31. The van der Waals surface area contributed by atoms with Gasteiger partial charge in [0.05, 0.1) is 10.6 Å². The number of amides is 1. The predicted molar refractivity (Wildman–Crippen MR) is 126 cm³/mol. The first-order valence-corrected chi connectivity index (χ1v) is 12.2. The van der Waals surface area contributed by atoms with Crippen molar-refractivity contribution in [3.8, 4) is 11.3 Å². The summed E-state index contributed by atoms with van der Waals surface area (Å²) >= 11 is 3.30. The minimum atomic E-state index is -3.70. The number of H-pyrrole nitrogens is 1. The number of hydrogen-bond donors (Lipinski definition) is 3. The van der Waals surface area contributed by atoms with E-state index in [1.807, 2.05) is 6.07 Å². The molecule has 32 heavy (non-hydrogen) atoms. The molecule has 8 nitrogen and oxygen atoms in total. The topological polar surface area (TPSA) is 117 Å². The molecule has 0 unspecified atom stereocenters. The van der Waals surface area contributed by atoms with E-state index in [0.717, 1.165) is 28.3 Å². The first kappa shape index (κ1) is 20.7. The smallest absolute Gasteiger partial charge is 0.261 e. The van der Waals surface area contributed by atoms with Gasteiger partial charge >= 0.3 is 0 Å². The number of carbonyl (C=O) groups is 1. The first-order valence-electron chi connectivity index (χ1n) is 9.94. The van der Waals surface area contributed by atoms with Crippen LogP contribution in [0, 0.1) is 5.92 Å². The van der Waals surface area contributed by atoms with Crippen molar-refractivity contribution in [1.82, 2.24) is 15.0 Å². The quantitative estimate of drug-likeness (QED) is 0.351. The summed E-state index contributed by atoms with van der Waals surface area (Å²) in [5.74, 6) is 0.214. The molecular formula is C22H18BrN5O3S. The molecule has 1 aliphatic carbocycles. The van der Waals surface area contributed by atoms with Gasteiger partial charge in [0.25, 0.3) is 10.0 Å². The van der Waals surface area contributed by atoms with E-state index in [2.05, 4.69) is 40.9 Å². The average Bonchev–Trinajstić information content (AvgIpc) is 3.52. The lowest BCUT2D eigenvalue weighted by molar-refractivity contribution is -0.117. The van der Waals surface area contributed by atoms with Gasteiger partial charge in [0.2, 0.25) is 11.9 Å². The number of sulfonamides is 1. The van der Waals surface area contributed by atoms with Crippen LogP contribution in [0.1, 0.15) is 12.8 Å². The molecule has 1 saturated carbocycles. The Kier molecular flexibility index (Phi) is 5.18. The van der Waals surface area contributed by atoms with Crippen LogP contribution in [-0.2, 0) is 14.8 Å². The van der Waals surface area contributed by atoms with Crippen LogP contribution in [0.5, 0.6) is 0 Å². The fourth-order valence-corrected chi connectivity index (χ4v) is 4.62. The standard InChI is InChI=1S/C22H18BrN5O3S/c23-15-5-9-17(10-6-15)32(30,31)28-16-7-3-13(4-8-16)19-18-11-12-24-20(18)26-22(25-19)27-21(29)14-1-2-14/h3-12,14,28H,1-2H2,(H2,24,25,26,27,29). The predicted octanol–water partition coefficient (Wildman–Crippen LogP) is 4.54. The molecule has 2 heterocycles. The van der Waals surface area contributed by atoms with Crippen molar-refractivity contribution in [2.24, 2.45) is 5.92 Å². The van der Waals surface area contributed by atoms with Crippen molar-refractivity contribution in [1.29, 1.82) is 0 Å². The number of anilines is 2. The van der Waals surface area contributed by atoms with Gasteiger partial charge in [-0.25, -0.2) is 13.4 Å². The van der Waals surface area contributed by atoms with Crippen molar-refractivity contribution in [2.75, 3.05) is 10.0 Å². The van der Waals surface area contributed by atoms with Crippen LogP contribution in [0.2, 0.25) is 0 Å². The van der Waals surface area contributed by atoms with E-state index in [0.29, 0.717) is 17.0 Å². The molecule has 0 radical (unpaired) electrons. The minimum Gasteiger partial charge on any atom is -0.346 e. The second kappa shape index (κ2) is 8.03. The molecule has 0 aliphatic heterocycles. The second-order valence-corrected chi connectivity index (χ2v) is 10.1. The summed E-state index contributed by atoms with van der Waals surface area (Å²) in [7, 11) is -3.70. The number of nitrogens with one attached hydrogen (secondary N) is 3. The van der Waals surface area contributed by atoms with Crippen LogP contribution in [-0.4, -0.2) is 29.3 Å². The highest BCUT2D eigenvalue weighted by molar-refractivity contribution is 9.10. The summed E-state index contributed by atoms with van der Waals surface area (Å²) in [6, 6.07) is 15.2. The zero-order valence-electron chi connectivity index (χ0n) is 16.7.